The fourth-order valence-electron chi connectivity index (χ4n) is 3.54. The predicted molar refractivity (Wildman–Crippen MR) is 123 cm³/mol. The van der Waals surface area contributed by atoms with E-state index >= 15 is 0 Å². The number of hydrogen-bond donors (Lipinski definition) is 0. The van der Waals surface area contributed by atoms with Crippen LogP contribution < -0.4 is 4.74 Å². The number of amides is 1. The number of rotatable bonds is 10. The Morgan fingerprint density at radius 3 is 2.31 bits per heavy atom. The lowest BCUT2D eigenvalue weighted by molar-refractivity contribution is -0.131. The molecule has 2 aromatic carbocycles. The molecule has 0 saturated carbocycles. The first kappa shape index (κ1) is 24.0. The van der Waals surface area contributed by atoms with Crippen LogP contribution in [0.3, 0.4) is 0 Å². The predicted octanol–water partition coefficient (Wildman–Crippen LogP) is 2.86. The SMILES string of the molecule is C=CCN(Cc1ccc(OC)cc1)C(=O)CCc1ccc(S(=O)(=O)N2CCOCC2)cc1. The third-order valence-corrected chi connectivity index (χ3v) is 7.31. The lowest BCUT2D eigenvalue weighted by atomic mass is 10.1. The van der Waals surface area contributed by atoms with Gasteiger partial charge in [-0.15, -0.1) is 6.58 Å². The molecule has 1 amide bonds. The average Bonchev–Trinajstić information content (AvgIpc) is 2.83. The highest BCUT2D eigenvalue weighted by Crippen LogP contribution is 2.19. The van der Waals surface area contributed by atoms with E-state index in [1.165, 1.54) is 4.31 Å². The highest BCUT2D eigenvalue weighted by molar-refractivity contribution is 7.89. The van der Waals surface area contributed by atoms with Crippen molar-refractivity contribution in [2.24, 2.45) is 0 Å². The Labute approximate surface area is 190 Å². The Bertz CT molecular complexity index is 998. The molecule has 1 fully saturated rings. The smallest absolute Gasteiger partial charge is 0.243 e. The summed E-state index contributed by atoms with van der Waals surface area (Å²) in [6.07, 6.45) is 2.58. The maximum absolute atomic E-state index is 12.8. The summed E-state index contributed by atoms with van der Waals surface area (Å²) in [7, 11) is -1.89. The average molecular weight is 459 g/mol. The molecule has 172 valence electrons. The van der Waals surface area contributed by atoms with Crippen molar-refractivity contribution >= 4 is 15.9 Å². The van der Waals surface area contributed by atoms with Crippen molar-refractivity contribution in [1.82, 2.24) is 9.21 Å². The summed E-state index contributed by atoms with van der Waals surface area (Å²) >= 11 is 0. The number of methoxy groups -OCH3 is 1. The number of carbonyl (C=O) groups excluding carboxylic acids is 1. The molecule has 1 saturated heterocycles. The number of nitrogens with zero attached hydrogens (tertiary/aromatic N) is 2. The van der Waals surface area contributed by atoms with Gasteiger partial charge in [-0.25, -0.2) is 8.42 Å². The lowest BCUT2D eigenvalue weighted by Crippen LogP contribution is -2.40. The Kier molecular flexibility index (Phi) is 8.44. The number of hydrogen-bond acceptors (Lipinski definition) is 5. The van der Waals surface area contributed by atoms with Gasteiger partial charge in [0, 0.05) is 32.6 Å². The van der Waals surface area contributed by atoms with Gasteiger partial charge in [-0.3, -0.25) is 4.79 Å². The van der Waals surface area contributed by atoms with Gasteiger partial charge >= 0.3 is 0 Å². The second kappa shape index (κ2) is 11.3. The van der Waals surface area contributed by atoms with E-state index in [1.54, 1.807) is 42.4 Å². The van der Waals surface area contributed by atoms with Crippen molar-refractivity contribution in [3.8, 4) is 5.75 Å². The van der Waals surface area contributed by atoms with Crippen molar-refractivity contribution < 1.29 is 22.7 Å². The summed E-state index contributed by atoms with van der Waals surface area (Å²) in [6, 6.07) is 14.4. The number of morpholine rings is 1. The molecular weight excluding hydrogens is 428 g/mol. The molecule has 0 aromatic heterocycles. The minimum Gasteiger partial charge on any atom is -0.497 e. The molecule has 0 radical (unpaired) electrons. The molecule has 0 aliphatic carbocycles. The van der Waals surface area contributed by atoms with E-state index in [-0.39, 0.29) is 10.8 Å². The molecule has 7 nitrogen and oxygen atoms in total. The maximum Gasteiger partial charge on any atom is 0.243 e. The van der Waals surface area contributed by atoms with Gasteiger partial charge in [0.05, 0.1) is 25.2 Å². The van der Waals surface area contributed by atoms with Crippen LogP contribution in [-0.2, 0) is 32.5 Å². The highest BCUT2D eigenvalue weighted by atomic mass is 32.2. The van der Waals surface area contributed by atoms with Crippen LogP contribution in [0.25, 0.3) is 0 Å². The molecule has 2 aromatic rings. The Morgan fingerprint density at radius 1 is 1.09 bits per heavy atom. The molecule has 0 bridgehead atoms. The van der Waals surface area contributed by atoms with E-state index in [1.807, 2.05) is 24.3 Å². The second-order valence-electron chi connectivity index (χ2n) is 7.57. The molecular formula is C24H30N2O5S. The van der Waals surface area contributed by atoms with Gasteiger partial charge < -0.3 is 14.4 Å². The number of sulfonamides is 1. The molecule has 0 atom stereocenters. The van der Waals surface area contributed by atoms with Crippen LogP contribution in [0, 0.1) is 0 Å². The van der Waals surface area contributed by atoms with Crippen LogP contribution in [0.2, 0.25) is 0 Å². The van der Waals surface area contributed by atoms with E-state index in [9.17, 15) is 13.2 Å². The summed E-state index contributed by atoms with van der Waals surface area (Å²) in [5.74, 6) is 0.792. The topological polar surface area (TPSA) is 76.2 Å². The Balaban J connectivity index is 1.58. The van der Waals surface area contributed by atoms with Gasteiger partial charge in [0.15, 0.2) is 0 Å². The standard InChI is InChI=1S/C24H30N2O5S/c1-3-14-25(19-21-4-9-22(30-2)10-5-21)24(27)13-8-20-6-11-23(12-7-20)32(28,29)26-15-17-31-18-16-26/h3-7,9-12H,1,8,13-19H2,2H3. The molecule has 1 heterocycles. The molecule has 8 heteroatoms. The maximum atomic E-state index is 12.8. The minimum atomic E-state index is -3.51. The van der Waals surface area contributed by atoms with Crippen LogP contribution in [0.1, 0.15) is 17.5 Å². The second-order valence-corrected chi connectivity index (χ2v) is 9.51. The number of benzene rings is 2. The molecule has 0 N–H and O–H groups in total. The van der Waals surface area contributed by atoms with Gasteiger partial charge in [0.2, 0.25) is 15.9 Å². The van der Waals surface area contributed by atoms with Crippen molar-refractivity contribution in [2.75, 3.05) is 40.0 Å². The molecule has 0 unspecified atom stereocenters. The van der Waals surface area contributed by atoms with Crippen LogP contribution in [-0.4, -0.2) is 63.5 Å². The van der Waals surface area contributed by atoms with Crippen molar-refractivity contribution in [3.05, 3.63) is 72.3 Å². The molecule has 32 heavy (non-hydrogen) atoms. The van der Waals surface area contributed by atoms with Crippen molar-refractivity contribution in [2.45, 2.75) is 24.3 Å². The normalized spacial score (nSPS) is 14.7. The van der Waals surface area contributed by atoms with Crippen molar-refractivity contribution in [1.29, 1.82) is 0 Å². The summed E-state index contributed by atoms with van der Waals surface area (Å²) in [5.41, 5.74) is 1.93. The van der Waals surface area contributed by atoms with Crippen LogP contribution in [0.5, 0.6) is 5.75 Å². The third-order valence-electron chi connectivity index (χ3n) is 5.39. The van der Waals surface area contributed by atoms with Gasteiger partial charge in [-0.2, -0.15) is 4.31 Å². The largest absolute Gasteiger partial charge is 0.497 e. The van der Waals surface area contributed by atoms with Crippen LogP contribution in [0.15, 0.2) is 66.1 Å². The van der Waals surface area contributed by atoms with E-state index in [4.69, 9.17) is 9.47 Å². The van der Waals surface area contributed by atoms with Gasteiger partial charge in [0.25, 0.3) is 0 Å². The van der Waals surface area contributed by atoms with E-state index in [0.29, 0.717) is 52.2 Å². The molecule has 0 spiro atoms. The Morgan fingerprint density at radius 2 is 1.72 bits per heavy atom. The Hall–Kier alpha value is -2.68. The summed E-state index contributed by atoms with van der Waals surface area (Å²) in [5, 5.41) is 0. The quantitative estimate of drug-likeness (QED) is 0.512. The number of carbonyl (C=O) groups is 1. The highest BCUT2D eigenvalue weighted by Gasteiger charge is 2.26. The first-order valence-corrected chi connectivity index (χ1v) is 12.1. The van der Waals surface area contributed by atoms with Crippen LogP contribution >= 0.6 is 0 Å². The fourth-order valence-corrected chi connectivity index (χ4v) is 4.94. The first-order chi connectivity index (χ1) is 15.4. The summed E-state index contributed by atoms with van der Waals surface area (Å²) < 4.78 is 37.3. The molecule has 1 aliphatic rings. The first-order valence-electron chi connectivity index (χ1n) is 10.6. The van der Waals surface area contributed by atoms with Crippen molar-refractivity contribution in [3.63, 3.8) is 0 Å². The zero-order valence-electron chi connectivity index (χ0n) is 18.4. The minimum absolute atomic E-state index is 0.0192. The molecule has 1 aliphatic heterocycles. The zero-order valence-corrected chi connectivity index (χ0v) is 19.2. The monoisotopic (exact) mass is 458 g/mol. The summed E-state index contributed by atoms with van der Waals surface area (Å²) in [6.45, 7) is 6.27. The van der Waals surface area contributed by atoms with E-state index in [0.717, 1.165) is 16.9 Å². The van der Waals surface area contributed by atoms with E-state index in [2.05, 4.69) is 6.58 Å². The van der Waals surface area contributed by atoms with Crippen LogP contribution in [0.4, 0.5) is 0 Å². The summed E-state index contributed by atoms with van der Waals surface area (Å²) in [4.78, 5) is 14.8. The molecule has 3 rings (SSSR count). The number of aryl methyl sites for hydroxylation is 1. The fraction of sp³-hybridized carbons (Fsp3) is 0.375. The zero-order chi connectivity index (χ0) is 23.0. The third kappa shape index (κ3) is 6.18. The van der Waals surface area contributed by atoms with Gasteiger partial charge in [-0.05, 0) is 41.8 Å². The van der Waals surface area contributed by atoms with E-state index < -0.39 is 10.0 Å². The van der Waals surface area contributed by atoms with Gasteiger partial charge in [0.1, 0.15) is 5.75 Å². The van der Waals surface area contributed by atoms with Gasteiger partial charge in [-0.1, -0.05) is 30.3 Å². The number of ether oxygens (including phenoxy) is 2. The lowest BCUT2D eigenvalue weighted by Gasteiger charge is -2.26.